The summed E-state index contributed by atoms with van der Waals surface area (Å²) >= 11 is 1.09. The van der Waals surface area contributed by atoms with Crippen LogP contribution >= 0.6 is 11.3 Å². The van der Waals surface area contributed by atoms with Crippen molar-refractivity contribution >= 4 is 37.4 Å². The van der Waals surface area contributed by atoms with Crippen molar-refractivity contribution in [2.24, 2.45) is 0 Å². The van der Waals surface area contributed by atoms with Crippen LogP contribution in [0.5, 0.6) is 0 Å². The number of nitrogens with zero attached hydrogens (tertiary/aromatic N) is 4. The number of pyridine rings is 1. The lowest BCUT2D eigenvalue weighted by atomic mass is 10.2. The third-order valence-electron chi connectivity index (χ3n) is 4.47. The van der Waals surface area contributed by atoms with Crippen LogP contribution in [0.25, 0.3) is 10.2 Å². The molecular weight excluding hydrogens is 413 g/mol. The minimum Gasteiger partial charge on any atom is -0.353 e. The highest BCUT2D eigenvalue weighted by Crippen LogP contribution is 2.36. The van der Waals surface area contributed by atoms with Gasteiger partial charge >= 0.3 is 6.18 Å². The van der Waals surface area contributed by atoms with Crippen LogP contribution in [0.15, 0.2) is 46.9 Å². The van der Waals surface area contributed by atoms with Crippen LogP contribution in [0.2, 0.25) is 0 Å². The maximum atomic E-state index is 13.2. The number of fused-ring (bicyclic) bond motifs is 1. The van der Waals surface area contributed by atoms with Crippen LogP contribution in [0.3, 0.4) is 0 Å². The molecule has 0 radical (unpaired) electrons. The van der Waals surface area contributed by atoms with E-state index in [-0.39, 0.29) is 36.3 Å². The highest BCUT2D eigenvalue weighted by molar-refractivity contribution is 7.91. The third kappa shape index (κ3) is 3.45. The molecule has 0 spiro atoms. The van der Waals surface area contributed by atoms with Crippen LogP contribution in [0.4, 0.5) is 19.0 Å². The number of sulfonamides is 1. The van der Waals surface area contributed by atoms with E-state index in [2.05, 4.69) is 9.97 Å². The summed E-state index contributed by atoms with van der Waals surface area (Å²) in [5.74, 6) is -0.174. The molecule has 11 heteroatoms. The number of aromatic nitrogens is 2. The van der Waals surface area contributed by atoms with Crippen LogP contribution in [0.1, 0.15) is 5.56 Å². The number of piperazine rings is 1. The standard InChI is InChI=1S/C17H15F3N4O2S2/c18-17(19,20)12-4-3-7-21-15(12)23-8-10-24(11-9-23)28(25,26)16-22-13-5-1-2-6-14(13)27-16/h1-7H,8-11H2. The second kappa shape index (κ2) is 6.98. The summed E-state index contributed by atoms with van der Waals surface area (Å²) in [6.07, 6.45) is -3.22. The number of hydrogen-bond acceptors (Lipinski definition) is 6. The van der Waals surface area contributed by atoms with E-state index in [4.69, 9.17) is 0 Å². The number of rotatable bonds is 3. The van der Waals surface area contributed by atoms with Gasteiger partial charge < -0.3 is 4.90 Å². The minimum atomic E-state index is -4.52. The van der Waals surface area contributed by atoms with Crippen molar-refractivity contribution < 1.29 is 21.6 Å². The monoisotopic (exact) mass is 428 g/mol. The topological polar surface area (TPSA) is 66.4 Å². The van der Waals surface area contributed by atoms with E-state index in [0.717, 1.165) is 22.1 Å². The number of anilines is 1. The number of alkyl halides is 3. The SMILES string of the molecule is O=S(=O)(c1nc2ccccc2s1)N1CCN(c2ncccc2C(F)(F)F)CC1. The zero-order valence-corrected chi connectivity index (χ0v) is 16.1. The van der Waals surface area contributed by atoms with Crippen molar-refractivity contribution in [3.63, 3.8) is 0 Å². The van der Waals surface area contributed by atoms with Gasteiger partial charge in [0, 0.05) is 32.4 Å². The number of halogens is 3. The highest BCUT2D eigenvalue weighted by Gasteiger charge is 2.37. The Labute approximate surface area is 163 Å². The van der Waals surface area contributed by atoms with Gasteiger partial charge in [0.15, 0.2) is 0 Å². The van der Waals surface area contributed by atoms with Crippen molar-refractivity contribution in [1.29, 1.82) is 0 Å². The van der Waals surface area contributed by atoms with Crippen molar-refractivity contribution in [1.82, 2.24) is 14.3 Å². The quantitative estimate of drug-likeness (QED) is 0.641. The molecule has 2 aromatic heterocycles. The number of hydrogen-bond donors (Lipinski definition) is 0. The zero-order valence-electron chi connectivity index (χ0n) is 14.4. The molecule has 0 atom stereocenters. The maximum Gasteiger partial charge on any atom is 0.419 e. The Morgan fingerprint density at radius 3 is 2.39 bits per heavy atom. The predicted octanol–water partition coefficient (Wildman–Crippen LogP) is 3.22. The molecule has 1 fully saturated rings. The van der Waals surface area contributed by atoms with Gasteiger partial charge in [0.1, 0.15) is 5.82 Å². The lowest BCUT2D eigenvalue weighted by Gasteiger charge is -2.35. The molecular formula is C17H15F3N4O2S2. The van der Waals surface area contributed by atoms with Crippen LogP contribution in [-0.4, -0.2) is 48.9 Å². The summed E-state index contributed by atoms with van der Waals surface area (Å²) in [4.78, 5) is 9.53. The first-order valence-electron chi connectivity index (χ1n) is 8.40. The van der Waals surface area contributed by atoms with E-state index in [1.807, 2.05) is 0 Å². The average molecular weight is 428 g/mol. The molecule has 148 valence electrons. The Kier molecular flexibility index (Phi) is 4.76. The van der Waals surface area contributed by atoms with Gasteiger partial charge in [0.2, 0.25) is 4.34 Å². The molecule has 0 saturated carbocycles. The van der Waals surface area contributed by atoms with Crippen molar-refractivity contribution in [2.45, 2.75) is 10.5 Å². The Morgan fingerprint density at radius 1 is 1.00 bits per heavy atom. The van der Waals surface area contributed by atoms with Gasteiger partial charge in [-0.3, -0.25) is 0 Å². The molecule has 28 heavy (non-hydrogen) atoms. The van der Waals surface area contributed by atoms with Crippen LogP contribution in [-0.2, 0) is 16.2 Å². The molecule has 0 aliphatic carbocycles. The Hall–Kier alpha value is -2.24. The van der Waals surface area contributed by atoms with Gasteiger partial charge in [0.25, 0.3) is 10.0 Å². The molecule has 3 aromatic rings. The largest absolute Gasteiger partial charge is 0.419 e. The second-order valence-electron chi connectivity index (χ2n) is 6.21. The summed E-state index contributed by atoms with van der Waals surface area (Å²) in [6, 6.07) is 9.34. The number of para-hydroxylation sites is 1. The summed E-state index contributed by atoms with van der Waals surface area (Å²) in [5.41, 5.74) is -0.217. The molecule has 0 unspecified atom stereocenters. The third-order valence-corrected chi connectivity index (χ3v) is 7.76. The summed E-state index contributed by atoms with van der Waals surface area (Å²) in [7, 11) is -3.80. The zero-order chi connectivity index (χ0) is 19.9. The van der Waals surface area contributed by atoms with Gasteiger partial charge in [-0.15, -0.1) is 11.3 Å². The number of thiazole rings is 1. The molecule has 1 aliphatic heterocycles. The van der Waals surface area contributed by atoms with Crippen molar-refractivity contribution in [2.75, 3.05) is 31.1 Å². The van der Waals surface area contributed by atoms with Gasteiger partial charge in [-0.2, -0.15) is 17.5 Å². The molecule has 1 aromatic carbocycles. The molecule has 1 aliphatic rings. The van der Waals surface area contributed by atoms with Crippen LogP contribution in [0, 0.1) is 0 Å². The first-order valence-corrected chi connectivity index (χ1v) is 10.7. The van der Waals surface area contributed by atoms with Gasteiger partial charge in [-0.05, 0) is 24.3 Å². The fourth-order valence-electron chi connectivity index (χ4n) is 3.08. The molecule has 1 saturated heterocycles. The minimum absolute atomic E-state index is 0.00373. The van der Waals surface area contributed by atoms with E-state index < -0.39 is 21.8 Å². The first kappa shape index (κ1) is 19.1. The average Bonchev–Trinajstić information content (AvgIpc) is 3.13. The van der Waals surface area contributed by atoms with E-state index in [0.29, 0.717) is 5.52 Å². The summed E-state index contributed by atoms with van der Waals surface area (Å²) < 4.78 is 67.4. The van der Waals surface area contributed by atoms with Crippen LogP contribution < -0.4 is 4.90 Å². The molecule has 6 nitrogen and oxygen atoms in total. The maximum absolute atomic E-state index is 13.2. The predicted molar refractivity (Wildman–Crippen MR) is 99.8 cm³/mol. The molecule has 4 rings (SSSR count). The first-order chi connectivity index (χ1) is 13.3. The van der Waals surface area contributed by atoms with E-state index >= 15 is 0 Å². The Morgan fingerprint density at radius 2 is 1.71 bits per heavy atom. The molecule has 0 N–H and O–H groups in total. The molecule has 0 bridgehead atoms. The fraction of sp³-hybridized carbons (Fsp3) is 0.294. The van der Waals surface area contributed by atoms with E-state index in [1.54, 1.807) is 24.3 Å². The van der Waals surface area contributed by atoms with Crippen molar-refractivity contribution in [3.05, 3.63) is 48.2 Å². The van der Waals surface area contributed by atoms with E-state index in [9.17, 15) is 21.6 Å². The number of benzene rings is 1. The highest BCUT2D eigenvalue weighted by atomic mass is 32.2. The normalized spacial score (nSPS) is 16.6. The summed E-state index contributed by atoms with van der Waals surface area (Å²) in [5, 5.41) is 0. The van der Waals surface area contributed by atoms with Gasteiger partial charge in [-0.25, -0.2) is 18.4 Å². The Balaban J connectivity index is 1.54. The lowest BCUT2D eigenvalue weighted by Crippen LogP contribution is -2.49. The van der Waals surface area contributed by atoms with E-state index in [1.165, 1.54) is 21.5 Å². The summed E-state index contributed by atoms with van der Waals surface area (Å²) in [6.45, 7) is 0.354. The molecule has 0 amide bonds. The lowest BCUT2D eigenvalue weighted by molar-refractivity contribution is -0.137. The van der Waals surface area contributed by atoms with Gasteiger partial charge in [-0.1, -0.05) is 12.1 Å². The fourth-order valence-corrected chi connectivity index (χ4v) is 5.86. The second-order valence-corrected chi connectivity index (χ2v) is 9.35. The Bertz CT molecular complexity index is 1070. The van der Waals surface area contributed by atoms with Crippen molar-refractivity contribution in [3.8, 4) is 0 Å². The van der Waals surface area contributed by atoms with Gasteiger partial charge in [0.05, 0.1) is 15.8 Å². The smallest absolute Gasteiger partial charge is 0.353 e. The molecule has 3 heterocycles.